The van der Waals surface area contributed by atoms with Crippen molar-refractivity contribution in [3.05, 3.63) is 23.8 Å². The zero-order valence-electron chi connectivity index (χ0n) is 13.1. The minimum Gasteiger partial charge on any atom is -0.493 e. The lowest BCUT2D eigenvalue weighted by Crippen LogP contribution is -2.38. The van der Waals surface area contributed by atoms with Crippen molar-refractivity contribution in [2.45, 2.75) is 31.3 Å². The number of rotatable bonds is 4. The minimum atomic E-state index is 0.273. The van der Waals surface area contributed by atoms with E-state index in [1.165, 1.54) is 24.9 Å². The Hall–Kier alpha value is -1.26. The standard InChI is InChI=1S/C17H26N2O2/c1-19-9-3-4-15(12-19)21-17-10-13(5-6-16(17)20-2)14-7-8-18-11-14/h5-6,10,14-15,18H,3-4,7-9,11-12H2,1-2H3. The van der Waals surface area contributed by atoms with E-state index in [1.54, 1.807) is 7.11 Å². The van der Waals surface area contributed by atoms with Gasteiger partial charge in [-0.05, 0) is 63.0 Å². The Morgan fingerprint density at radius 2 is 2.14 bits per heavy atom. The van der Waals surface area contributed by atoms with Gasteiger partial charge >= 0.3 is 0 Å². The number of likely N-dealkylation sites (N-methyl/N-ethyl adjacent to an activating group) is 1. The van der Waals surface area contributed by atoms with E-state index in [4.69, 9.17) is 9.47 Å². The molecule has 0 spiro atoms. The van der Waals surface area contributed by atoms with E-state index in [0.29, 0.717) is 5.92 Å². The molecular formula is C17H26N2O2. The fourth-order valence-corrected chi connectivity index (χ4v) is 3.37. The lowest BCUT2D eigenvalue weighted by molar-refractivity contribution is 0.101. The van der Waals surface area contributed by atoms with Crippen LogP contribution >= 0.6 is 0 Å². The molecule has 21 heavy (non-hydrogen) atoms. The molecule has 2 aliphatic rings. The molecule has 4 nitrogen and oxygen atoms in total. The van der Waals surface area contributed by atoms with E-state index in [0.717, 1.165) is 37.6 Å². The molecule has 2 saturated heterocycles. The van der Waals surface area contributed by atoms with Crippen molar-refractivity contribution in [3.8, 4) is 11.5 Å². The minimum absolute atomic E-state index is 0.273. The van der Waals surface area contributed by atoms with Crippen molar-refractivity contribution in [2.24, 2.45) is 0 Å². The predicted octanol–water partition coefficient (Wildman–Crippen LogP) is 2.25. The molecule has 1 aromatic carbocycles. The fourth-order valence-electron chi connectivity index (χ4n) is 3.37. The summed E-state index contributed by atoms with van der Waals surface area (Å²) in [5, 5.41) is 3.43. The fraction of sp³-hybridized carbons (Fsp3) is 0.647. The summed E-state index contributed by atoms with van der Waals surface area (Å²) in [6.07, 6.45) is 3.81. The Kier molecular flexibility index (Phi) is 4.66. The van der Waals surface area contributed by atoms with Gasteiger partial charge in [0.15, 0.2) is 11.5 Å². The molecular weight excluding hydrogens is 264 g/mol. The maximum absolute atomic E-state index is 6.26. The van der Waals surface area contributed by atoms with Gasteiger partial charge in [-0.15, -0.1) is 0 Å². The molecule has 0 aromatic heterocycles. The molecule has 2 atom stereocenters. The van der Waals surface area contributed by atoms with Crippen LogP contribution in [-0.2, 0) is 0 Å². The largest absolute Gasteiger partial charge is 0.493 e. The average Bonchev–Trinajstić information content (AvgIpc) is 3.01. The van der Waals surface area contributed by atoms with E-state index in [9.17, 15) is 0 Å². The van der Waals surface area contributed by atoms with Gasteiger partial charge in [-0.2, -0.15) is 0 Å². The third-order valence-electron chi connectivity index (χ3n) is 4.59. The topological polar surface area (TPSA) is 33.7 Å². The van der Waals surface area contributed by atoms with Gasteiger partial charge in [0.1, 0.15) is 6.10 Å². The maximum Gasteiger partial charge on any atom is 0.161 e. The number of hydrogen-bond acceptors (Lipinski definition) is 4. The summed E-state index contributed by atoms with van der Waals surface area (Å²) in [7, 11) is 3.87. The maximum atomic E-state index is 6.26. The third-order valence-corrected chi connectivity index (χ3v) is 4.59. The van der Waals surface area contributed by atoms with Crippen LogP contribution in [0, 0.1) is 0 Å². The van der Waals surface area contributed by atoms with Gasteiger partial charge in [0.25, 0.3) is 0 Å². The molecule has 0 bridgehead atoms. The highest BCUT2D eigenvalue weighted by molar-refractivity contribution is 5.44. The van der Waals surface area contributed by atoms with Crippen LogP contribution in [0.2, 0.25) is 0 Å². The molecule has 2 unspecified atom stereocenters. The van der Waals surface area contributed by atoms with Crippen LogP contribution in [0.15, 0.2) is 18.2 Å². The third kappa shape index (κ3) is 3.50. The Balaban J connectivity index is 1.76. The molecule has 0 radical (unpaired) electrons. The molecule has 4 heteroatoms. The summed E-state index contributed by atoms with van der Waals surface area (Å²) in [4.78, 5) is 2.34. The summed E-state index contributed by atoms with van der Waals surface area (Å²) >= 11 is 0. The zero-order chi connectivity index (χ0) is 14.7. The smallest absolute Gasteiger partial charge is 0.161 e. The summed E-state index contributed by atoms with van der Waals surface area (Å²) in [5.41, 5.74) is 1.36. The zero-order valence-corrected chi connectivity index (χ0v) is 13.1. The van der Waals surface area contributed by atoms with Crippen molar-refractivity contribution in [2.75, 3.05) is 40.3 Å². The number of nitrogens with zero attached hydrogens (tertiary/aromatic N) is 1. The first-order chi connectivity index (χ1) is 10.3. The Morgan fingerprint density at radius 1 is 1.24 bits per heavy atom. The van der Waals surface area contributed by atoms with Gasteiger partial charge in [-0.25, -0.2) is 0 Å². The van der Waals surface area contributed by atoms with Crippen molar-refractivity contribution in [1.82, 2.24) is 10.2 Å². The molecule has 1 aromatic rings. The first kappa shape index (κ1) is 14.7. The van der Waals surface area contributed by atoms with Crippen LogP contribution in [0.5, 0.6) is 11.5 Å². The number of methoxy groups -OCH3 is 1. The first-order valence-corrected chi connectivity index (χ1v) is 8.00. The van der Waals surface area contributed by atoms with Gasteiger partial charge in [0, 0.05) is 13.1 Å². The summed E-state index contributed by atoms with van der Waals surface area (Å²) in [6, 6.07) is 6.41. The van der Waals surface area contributed by atoms with E-state index >= 15 is 0 Å². The molecule has 2 fully saturated rings. The van der Waals surface area contributed by atoms with Gasteiger partial charge in [-0.1, -0.05) is 6.07 Å². The normalized spacial score (nSPS) is 26.8. The van der Waals surface area contributed by atoms with E-state index in [1.807, 2.05) is 0 Å². The lowest BCUT2D eigenvalue weighted by atomic mass is 9.98. The molecule has 2 heterocycles. The highest BCUT2D eigenvalue weighted by atomic mass is 16.5. The van der Waals surface area contributed by atoms with Crippen LogP contribution in [-0.4, -0.2) is 51.3 Å². The summed E-state index contributed by atoms with van der Waals surface area (Å²) in [5.74, 6) is 2.35. The number of nitrogens with one attached hydrogen (secondary N) is 1. The molecule has 3 rings (SSSR count). The monoisotopic (exact) mass is 290 g/mol. The Labute approximate surface area is 127 Å². The van der Waals surface area contributed by atoms with Gasteiger partial charge in [0.05, 0.1) is 7.11 Å². The number of benzene rings is 1. The Bertz CT molecular complexity index is 472. The molecule has 2 aliphatic heterocycles. The summed E-state index contributed by atoms with van der Waals surface area (Å²) in [6.45, 7) is 4.35. The van der Waals surface area contributed by atoms with Crippen molar-refractivity contribution in [3.63, 3.8) is 0 Å². The number of piperidine rings is 1. The highest BCUT2D eigenvalue weighted by Gasteiger charge is 2.22. The van der Waals surface area contributed by atoms with E-state index in [2.05, 4.69) is 35.5 Å². The van der Waals surface area contributed by atoms with E-state index < -0.39 is 0 Å². The number of hydrogen-bond donors (Lipinski definition) is 1. The second-order valence-electron chi connectivity index (χ2n) is 6.24. The molecule has 1 N–H and O–H groups in total. The second kappa shape index (κ2) is 6.67. The summed E-state index contributed by atoms with van der Waals surface area (Å²) < 4.78 is 11.7. The van der Waals surface area contributed by atoms with Gasteiger partial charge in [0.2, 0.25) is 0 Å². The predicted molar refractivity (Wildman–Crippen MR) is 84.4 cm³/mol. The van der Waals surface area contributed by atoms with Gasteiger partial charge in [-0.3, -0.25) is 0 Å². The first-order valence-electron chi connectivity index (χ1n) is 8.00. The van der Waals surface area contributed by atoms with Crippen molar-refractivity contribution < 1.29 is 9.47 Å². The highest BCUT2D eigenvalue weighted by Crippen LogP contribution is 2.34. The van der Waals surface area contributed by atoms with Crippen LogP contribution in [0.25, 0.3) is 0 Å². The van der Waals surface area contributed by atoms with Crippen LogP contribution in [0.1, 0.15) is 30.7 Å². The SMILES string of the molecule is COc1ccc(C2CCNC2)cc1OC1CCCN(C)C1. The molecule has 116 valence electrons. The van der Waals surface area contributed by atoms with Crippen molar-refractivity contribution >= 4 is 0 Å². The van der Waals surface area contributed by atoms with Crippen molar-refractivity contribution in [1.29, 1.82) is 0 Å². The molecule has 0 amide bonds. The average molecular weight is 290 g/mol. The van der Waals surface area contributed by atoms with Crippen LogP contribution in [0.3, 0.4) is 0 Å². The quantitative estimate of drug-likeness (QED) is 0.922. The lowest BCUT2D eigenvalue weighted by Gasteiger charge is -2.30. The van der Waals surface area contributed by atoms with Crippen LogP contribution < -0.4 is 14.8 Å². The van der Waals surface area contributed by atoms with Gasteiger partial charge < -0.3 is 19.7 Å². The second-order valence-corrected chi connectivity index (χ2v) is 6.24. The Morgan fingerprint density at radius 3 is 2.86 bits per heavy atom. The van der Waals surface area contributed by atoms with E-state index in [-0.39, 0.29) is 6.10 Å². The molecule has 0 aliphatic carbocycles. The molecule has 0 saturated carbocycles. The number of ether oxygens (including phenoxy) is 2. The van der Waals surface area contributed by atoms with Crippen LogP contribution in [0.4, 0.5) is 0 Å². The number of likely N-dealkylation sites (tertiary alicyclic amines) is 1.